The third-order valence-electron chi connectivity index (χ3n) is 6.31. The maximum atomic E-state index is 13.0. The molecular weight excluding hydrogens is 472 g/mol. The molecule has 3 heterocycles. The van der Waals surface area contributed by atoms with Crippen molar-refractivity contribution in [2.45, 2.75) is 37.0 Å². The Labute approximate surface area is 195 Å². The van der Waals surface area contributed by atoms with Gasteiger partial charge in [0.25, 0.3) is 6.43 Å². The Bertz CT molecular complexity index is 1200. The Morgan fingerprint density at radius 3 is 2.52 bits per heavy atom. The highest BCUT2D eigenvalue weighted by Gasteiger charge is 2.30. The van der Waals surface area contributed by atoms with Gasteiger partial charge < -0.3 is 9.80 Å². The molecule has 176 valence electrons. The normalized spacial score (nSPS) is 18.5. The fourth-order valence-corrected chi connectivity index (χ4v) is 5.74. The summed E-state index contributed by atoms with van der Waals surface area (Å²) < 4.78 is 39.5. The number of anilines is 1. The summed E-state index contributed by atoms with van der Waals surface area (Å²) in [7, 11) is -1.75. The summed E-state index contributed by atoms with van der Waals surface area (Å²) in [4.78, 5) is 17.2. The average Bonchev–Trinajstić information content (AvgIpc) is 3.58. The van der Waals surface area contributed by atoms with Crippen LogP contribution in [-0.2, 0) is 15.8 Å². The summed E-state index contributed by atoms with van der Waals surface area (Å²) in [6.07, 6.45) is 3.10. The molecule has 3 aromatic rings. The highest BCUT2D eigenvalue weighted by molar-refractivity contribution is 7.82. The molecule has 1 saturated carbocycles. The number of carbonyl (C=O) groups excluding carboxylic acids is 1. The van der Waals surface area contributed by atoms with E-state index in [4.69, 9.17) is 5.14 Å². The maximum Gasteiger partial charge on any atom is 0.291 e. The molecule has 0 spiro atoms. The molecule has 1 amide bonds. The molecule has 2 fully saturated rings. The first-order valence-electron chi connectivity index (χ1n) is 10.8. The molecule has 1 aliphatic heterocycles. The smallest absolute Gasteiger partial charge is 0.291 e. The third kappa shape index (κ3) is 4.24. The first-order chi connectivity index (χ1) is 15.9. The summed E-state index contributed by atoms with van der Waals surface area (Å²) in [6.45, 7) is 2.45. The SMILES string of the molecule is NS(=O)c1cc(N2CCN(C(=O)C3CCCC3)CC2)c2cnn(-c3nnc(C(F)F)s3)c2c1. The van der Waals surface area contributed by atoms with E-state index in [1.165, 1.54) is 4.68 Å². The van der Waals surface area contributed by atoms with Gasteiger partial charge in [-0.1, -0.05) is 24.2 Å². The number of nitrogens with zero attached hydrogens (tertiary/aromatic N) is 6. The monoisotopic (exact) mass is 495 g/mol. The van der Waals surface area contributed by atoms with Gasteiger partial charge >= 0.3 is 0 Å². The lowest BCUT2D eigenvalue weighted by atomic mass is 10.1. The van der Waals surface area contributed by atoms with E-state index >= 15 is 0 Å². The fourth-order valence-electron chi connectivity index (χ4n) is 4.61. The first kappa shape index (κ1) is 22.3. The Morgan fingerprint density at radius 1 is 1.15 bits per heavy atom. The molecule has 5 rings (SSSR count). The molecule has 0 radical (unpaired) electrons. The minimum Gasteiger partial charge on any atom is -0.367 e. The number of carbonyl (C=O) groups is 1. The van der Waals surface area contributed by atoms with Gasteiger partial charge in [-0.2, -0.15) is 5.10 Å². The van der Waals surface area contributed by atoms with Gasteiger partial charge in [0.2, 0.25) is 11.0 Å². The fraction of sp³-hybridized carbons (Fsp3) is 0.500. The average molecular weight is 496 g/mol. The summed E-state index contributed by atoms with van der Waals surface area (Å²) in [5.74, 6) is 0.391. The third-order valence-corrected chi connectivity index (χ3v) is 7.91. The summed E-state index contributed by atoms with van der Waals surface area (Å²) in [6, 6.07) is 3.40. The number of benzene rings is 1. The Morgan fingerprint density at radius 2 is 1.88 bits per heavy atom. The van der Waals surface area contributed by atoms with E-state index in [0.29, 0.717) is 36.6 Å². The van der Waals surface area contributed by atoms with Gasteiger partial charge in [0.1, 0.15) is 11.0 Å². The quantitative estimate of drug-likeness (QED) is 0.583. The molecule has 13 heteroatoms. The zero-order valence-electron chi connectivity index (χ0n) is 17.7. The molecule has 33 heavy (non-hydrogen) atoms. The number of alkyl halides is 2. The van der Waals surface area contributed by atoms with Crippen molar-refractivity contribution in [1.82, 2.24) is 24.9 Å². The van der Waals surface area contributed by atoms with Crippen LogP contribution in [0.15, 0.2) is 23.2 Å². The van der Waals surface area contributed by atoms with Crippen molar-refractivity contribution in [1.29, 1.82) is 0 Å². The van der Waals surface area contributed by atoms with Gasteiger partial charge in [-0.3, -0.25) is 4.79 Å². The second kappa shape index (κ2) is 9.03. The Hall–Kier alpha value is -2.51. The molecule has 0 bridgehead atoms. The maximum absolute atomic E-state index is 13.0. The number of aromatic nitrogens is 4. The largest absolute Gasteiger partial charge is 0.367 e. The second-order valence-electron chi connectivity index (χ2n) is 8.25. The van der Waals surface area contributed by atoms with Crippen LogP contribution in [-0.4, -0.2) is 61.2 Å². The summed E-state index contributed by atoms with van der Waals surface area (Å²) in [5, 5.41) is 17.9. The predicted molar refractivity (Wildman–Crippen MR) is 121 cm³/mol. The molecule has 2 aromatic heterocycles. The zero-order chi connectivity index (χ0) is 23.1. The van der Waals surface area contributed by atoms with Crippen LogP contribution in [0, 0.1) is 5.92 Å². The predicted octanol–water partition coefficient (Wildman–Crippen LogP) is 2.63. The van der Waals surface area contributed by atoms with E-state index in [2.05, 4.69) is 20.2 Å². The molecule has 1 aliphatic carbocycles. The molecule has 1 atom stereocenters. The van der Waals surface area contributed by atoms with Crippen LogP contribution in [0.1, 0.15) is 37.1 Å². The van der Waals surface area contributed by atoms with Crippen molar-refractivity contribution in [2.24, 2.45) is 11.1 Å². The zero-order valence-corrected chi connectivity index (χ0v) is 19.3. The standard InChI is InChI=1S/C20H23F2N7O2S2/c21-17(22)18-25-26-20(32-18)29-16-10-13(33(23)31)9-15(14(16)11-24-29)27-5-7-28(8-6-27)19(30)12-3-1-2-4-12/h9-12,17H,1-8,23H2. The van der Waals surface area contributed by atoms with Crippen LogP contribution < -0.4 is 10.0 Å². The molecule has 1 saturated heterocycles. The van der Waals surface area contributed by atoms with Crippen LogP contribution >= 0.6 is 11.3 Å². The lowest BCUT2D eigenvalue weighted by Gasteiger charge is -2.37. The molecule has 2 N–H and O–H groups in total. The van der Waals surface area contributed by atoms with Gasteiger partial charge in [-0.05, 0) is 25.0 Å². The van der Waals surface area contributed by atoms with Crippen LogP contribution in [0.2, 0.25) is 0 Å². The number of halogens is 2. The van der Waals surface area contributed by atoms with Gasteiger partial charge in [0.05, 0.1) is 16.6 Å². The van der Waals surface area contributed by atoms with Gasteiger partial charge in [-0.15, -0.1) is 10.2 Å². The van der Waals surface area contributed by atoms with Gasteiger partial charge in [0, 0.05) is 43.2 Å². The highest BCUT2D eigenvalue weighted by atomic mass is 32.2. The molecule has 9 nitrogen and oxygen atoms in total. The van der Waals surface area contributed by atoms with E-state index in [0.717, 1.165) is 48.1 Å². The van der Waals surface area contributed by atoms with Crippen LogP contribution in [0.25, 0.3) is 16.0 Å². The topological polar surface area (TPSA) is 110 Å². The van der Waals surface area contributed by atoms with Crippen LogP contribution in [0.5, 0.6) is 0 Å². The van der Waals surface area contributed by atoms with Crippen molar-refractivity contribution in [3.8, 4) is 5.13 Å². The van der Waals surface area contributed by atoms with Crippen molar-refractivity contribution >= 4 is 44.8 Å². The second-order valence-corrected chi connectivity index (χ2v) is 10.3. The van der Waals surface area contributed by atoms with Crippen molar-refractivity contribution in [2.75, 3.05) is 31.1 Å². The van der Waals surface area contributed by atoms with Crippen molar-refractivity contribution in [3.05, 3.63) is 23.3 Å². The van der Waals surface area contributed by atoms with Crippen molar-refractivity contribution in [3.63, 3.8) is 0 Å². The summed E-state index contributed by atoms with van der Waals surface area (Å²) >= 11 is 0.748. The Balaban J connectivity index is 1.45. The number of nitrogens with two attached hydrogens (primary N) is 1. The Kier molecular flexibility index (Phi) is 6.10. The number of rotatable bonds is 5. The van der Waals surface area contributed by atoms with E-state index < -0.39 is 22.4 Å². The van der Waals surface area contributed by atoms with Gasteiger partial charge in [-0.25, -0.2) is 22.8 Å². The minimum atomic E-state index is -2.72. The van der Waals surface area contributed by atoms with E-state index in [-0.39, 0.29) is 17.0 Å². The molecule has 1 aromatic carbocycles. The minimum absolute atomic E-state index is 0.148. The highest BCUT2D eigenvalue weighted by Crippen LogP contribution is 2.34. The van der Waals surface area contributed by atoms with E-state index in [9.17, 15) is 17.8 Å². The lowest BCUT2D eigenvalue weighted by molar-refractivity contribution is -0.135. The molecule has 2 aliphatic rings. The summed E-state index contributed by atoms with van der Waals surface area (Å²) in [5.41, 5.74) is 1.35. The molecule has 1 unspecified atom stereocenters. The molecular formula is C20H23F2N7O2S2. The van der Waals surface area contributed by atoms with Gasteiger partial charge in [0.15, 0.2) is 5.01 Å². The number of amides is 1. The number of fused-ring (bicyclic) bond motifs is 1. The number of hydrogen-bond donors (Lipinski definition) is 1. The lowest BCUT2D eigenvalue weighted by Crippen LogP contribution is -2.50. The van der Waals surface area contributed by atoms with Crippen LogP contribution in [0.4, 0.5) is 14.5 Å². The van der Waals surface area contributed by atoms with E-state index in [1.54, 1.807) is 18.3 Å². The van der Waals surface area contributed by atoms with Crippen LogP contribution in [0.3, 0.4) is 0 Å². The number of piperazine rings is 1. The van der Waals surface area contributed by atoms with E-state index in [1.807, 2.05) is 4.90 Å². The van der Waals surface area contributed by atoms with Crippen molar-refractivity contribution < 1.29 is 17.8 Å². The first-order valence-corrected chi connectivity index (χ1v) is 12.8. The number of hydrogen-bond acceptors (Lipinski definition) is 7.